The molecule has 4 N–H and O–H groups in total. The van der Waals surface area contributed by atoms with Crippen molar-refractivity contribution in [3.05, 3.63) is 60.2 Å². The molecule has 0 amide bonds. The lowest BCUT2D eigenvalue weighted by atomic mass is 10.1. The summed E-state index contributed by atoms with van der Waals surface area (Å²) >= 11 is 0. The molecular weight excluding hydrogens is 452 g/mol. The normalized spacial score (nSPS) is 35.8. The third kappa shape index (κ3) is 4.04. The van der Waals surface area contributed by atoms with E-state index >= 15 is 0 Å². The lowest BCUT2D eigenvalue weighted by molar-refractivity contribution is -0.766. The highest BCUT2D eigenvalue weighted by molar-refractivity contribution is 5.89. The van der Waals surface area contributed by atoms with Gasteiger partial charge >= 0.3 is 11.9 Å². The number of hydrogen-bond acceptors (Lipinski definition) is 10. The van der Waals surface area contributed by atoms with Gasteiger partial charge in [-0.1, -0.05) is 0 Å². The first-order chi connectivity index (χ1) is 16.3. The van der Waals surface area contributed by atoms with E-state index in [0.29, 0.717) is 0 Å². The van der Waals surface area contributed by atoms with E-state index in [1.54, 1.807) is 0 Å². The van der Waals surface area contributed by atoms with Crippen molar-refractivity contribution in [2.75, 3.05) is 13.2 Å². The molecule has 6 heterocycles. The molecule has 8 bridgehead atoms. The first kappa shape index (κ1) is 22.8. The lowest BCUT2D eigenvalue weighted by Crippen LogP contribution is -2.46. The number of ether oxygens (including phenoxy) is 4. The molecule has 12 nitrogen and oxygen atoms in total. The highest BCUT2D eigenvalue weighted by Crippen LogP contribution is 2.27. The topological polar surface area (TPSA) is 160 Å². The summed E-state index contributed by atoms with van der Waals surface area (Å²) in [6.45, 7) is -0.639. The molecule has 34 heavy (non-hydrogen) atoms. The third-order valence-electron chi connectivity index (χ3n) is 6.17. The Balaban J connectivity index is 1.46. The maximum absolute atomic E-state index is 12.6. The van der Waals surface area contributed by atoms with Gasteiger partial charge in [0.05, 0.1) is 5.56 Å². The van der Waals surface area contributed by atoms with Crippen LogP contribution in [0.1, 0.15) is 33.2 Å². The number of fused-ring (bicyclic) bond motifs is 6. The molecule has 0 unspecified atom stereocenters. The molecule has 6 rings (SSSR count). The van der Waals surface area contributed by atoms with Crippen molar-refractivity contribution in [3.8, 4) is 0 Å². The number of hydrogen-bond donors (Lipinski definition) is 4. The zero-order chi connectivity index (χ0) is 24.0. The second kappa shape index (κ2) is 8.98. The SMILES string of the molecule is O=C1OC[C@H]2O[C@H]([C@H](O)[C@@H]2O)[n+]2ccc(cc2)C(=O)OC[C@H]2O[C@H]([C@H](O)[C@@H]2O)[n+]2cccc1c2. The van der Waals surface area contributed by atoms with E-state index in [1.807, 2.05) is 0 Å². The fraction of sp³-hybridized carbons (Fsp3) is 0.455. The lowest BCUT2D eigenvalue weighted by Gasteiger charge is -2.14. The Labute approximate surface area is 193 Å². The maximum atomic E-state index is 12.6. The molecule has 0 aromatic carbocycles. The van der Waals surface area contributed by atoms with Crippen LogP contribution in [0.3, 0.4) is 0 Å². The van der Waals surface area contributed by atoms with Gasteiger partial charge in [-0.2, -0.15) is 9.13 Å². The Morgan fingerprint density at radius 3 is 1.79 bits per heavy atom. The van der Waals surface area contributed by atoms with E-state index in [0.717, 1.165) is 0 Å². The Morgan fingerprint density at radius 2 is 1.21 bits per heavy atom. The second-order valence-corrected chi connectivity index (χ2v) is 8.36. The van der Waals surface area contributed by atoms with Crippen molar-refractivity contribution in [2.45, 2.75) is 49.1 Å². The fourth-order valence-electron chi connectivity index (χ4n) is 4.22. The smallest absolute Gasteiger partial charge is 0.344 e. The Morgan fingerprint density at radius 1 is 0.676 bits per heavy atom. The van der Waals surface area contributed by atoms with Gasteiger partial charge in [-0.3, -0.25) is 0 Å². The summed E-state index contributed by atoms with van der Waals surface area (Å²) in [6.07, 6.45) is -3.42. The van der Waals surface area contributed by atoms with E-state index in [4.69, 9.17) is 18.9 Å². The zero-order valence-corrected chi connectivity index (χ0v) is 17.8. The van der Waals surface area contributed by atoms with Crippen LogP contribution in [0.15, 0.2) is 49.1 Å². The largest absolute Gasteiger partial charge is 0.459 e. The molecule has 2 fully saturated rings. The van der Waals surface area contributed by atoms with Gasteiger partial charge < -0.3 is 39.4 Å². The predicted octanol–water partition coefficient (Wildman–Crippen LogP) is -2.47. The van der Waals surface area contributed by atoms with Crippen LogP contribution in [-0.4, -0.2) is 82.2 Å². The van der Waals surface area contributed by atoms with Gasteiger partial charge in [0, 0.05) is 18.2 Å². The number of carbonyl (C=O) groups excluding carboxylic acids is 2. The molecule has 8 atom stereocenters. The van der Waals surface area contributed by atoms with Crippen LogP contribution in [0.25, 0.3) is 0 Å². The highest BCUT2D eigenvalue weighted by Gasteiger charge is 2.50. The summed E-state index contributed by atoms with van der Waals surface area (Å²) in [5.41, 5.74) is 0.314. The molecule has 12 heteroatoms. The minimum Gasteiger partial charge on any atom is -0.459 e. The van der Waals surface area contributed by atoms with Crippen molar-refractivity contribution in [1.29, 1.82) is 0 Å². The summed E-state index contributed by atoms with van der Waals surface area (Å²) in [5.74, 6) is -1.41. The first-order valence-electron chi connectivity index (χ1n) is 10.7. The van der Waals surface area contributed by atoms with Crippen molar-refractivity contribution < 1.29 is 58.1 Å². The third-order valence-corrected chi connectivity index (χ3v) is 6.17. The second-order valence-electron chi connectivity index (χ2n) is 8.36. The molecule has 0 aliphatic carbocycles. The summed E-state index contributed by atoms with van der Waals surface area (Å²) in [6, 6.07) is 5.90. The standard InChI is InChI=1S/C22H24N2O10/c25-15-13-10-32-22(30)12-2-1-5-24(8-12)20-18(28)16(26)14(34-20)9-31-21(29)11-3-6-23(7-4-11)19(33-13)17(15)27/h1-8,13-20,25-28H,9-10H2/q+2/t13-,14-,15-,16-,17-,18-,19-,20-/m1/s1. The van der Waals surface area contributed by atoms with Gasteiger partial charge in [0.25, 0.3) is 12.5 Å². The monoisotopic (exact) mass is 476 g/mol. The molecule has 0 saturated carbocycles. The van der Waals surface area contributed by atoms with Crippen LogP contribution in [0.4, 0.5) is 0 Å². The Bertz CT molecular complexity index is 1080. The molecule has 2 aromatic heterocycles. The van der Waals surface area contributed by atoms with E-state index in [2.05, 4.69) is 0 Å². The van der Waals surface area contributed by atoms with E-state index in [9.17, 15) is 30.0 Å². The predicted molar refractivity (Wildman–Crippen MR) is 106 cm³/mol. The van der Waals surface area contributed by atoms with Crippen molar-refractivity contribution in [2.24, 2.45) is 0 Å². The number of rotatable bonds is 0. The average molecular weight is 476 g/mol. The van der Waals surface area contributed by atoms with Crippen molar-refractivity contribution >= 4 is 11.9 Å². The van der Waals surface area contributed by atoms with Gasteiger partial charge in [0.2, 0.25) is 0 Å². The Kier molecular flexibility index (Phi) is 6.02. The minimum atomic E-state index is -1.35. The van der Waals surface area contributed by atoms with Gasteiger partial charge in [-0.15, -0.1) is 0 Å². The molecule has 4 aliphatic rings. The maximum Gasteiger partial charge on any atom is 0.344 e. The number of aliphatic hydroxyl groups is 4. The summed E-state index contributed by atoms with van der Waals surface area (Å²) < 4.78 is 24.8. The molecule has 2 aromatic rings. The van der Waals surface area contributed by atoms with E-state index < -0.39 is 61.0 Å². The molecular formula is C22H24N2O10+2. The number of aliphatic hydroxyl groups excluding tert-OH is 4. The molecule has 180 valence electrons. The van der Waals surface area contributed by atoms with Crippen LogP contribution in [0, 0.1) is 0 Å². The minimum absolute atomic E-state index is 0.120. The Hall–Kier alpha value is -3.00. The van der Waals surface area contributed by atoms with Crippen LogP contribution in [0.5, 0.6) is 0 Å². The van der Waals surface area contributed by atoms with Crippen molar-refractivity contribution in [1.82, 2.24) is 0 Å². The number of pyridine rings is 2. The van der Waals surface area contributed by atoms with Crippen LogP contribution >= 0.6 is 0 Å². The van der Waals surface area contributed by atoms with Crippen LogP contribution < -0.4 is 9.13 Å². The van der Waals surface area contributed by atoms with Gasteiger partial charge in [-0.05, 0) is 6.07 Å². The summed E-state index contributed by atoms with van der Waals surface area (Å²) in [4.78, 5) is 25.1. The first-order valence-corrected chi connectivity index (χ1v) is 10.7. The average Bonchev–Trinajstić information content (AvgIpc) is 3.30. The summed E-state index contributed by atoms with van der Waals surface area (Å²) in [5, 5.41) is 41.7. The van der Waals surface area contributed by atoms with Crippen LogP contribution in [0.2, 0.25) is 0 Å². The van der Waals surface area contributed by atoms with Crippen molar-refractivity contribution in [3.63, 3.8) is 0 Å². The molecule has 0 radical (unpaired) electrons. The summed E-state index contributed by atoms with van der Waals surface area (Å²) in [7, 11) is 0. The highest BCUT2D eigenvalue weighted by atomic mass is 16.6. The van der Waals surface area contributed by atoms with E-state index in [-0.39, 0.29) is 24.3 Å². The zero-order valence-electron chi connectivity index (χ0n) is 17.8. The van der Waals surface area contributed by atoms with Gasteiger partial charge in [-0.25, -0.2) is 9.59 Å². The number of aromatic nitrogens is 2. The number of nitrogens with zero attached hydrogens (tertiary/aromatic N) is 2. The quantitative estimate of drug-likeness (QED) is 0.237. The fourth-order valence-corrected chi connectivity index (χ4v) is 4.22. The number of esters is 2. The van der Waals surface area contributed by atoms with Crippen LogP contribution in [-0.2, 0) is 18.9 Å². The van der Waals surface area contributed by atoms with Gasteiger partial charge in [0.15, 0.2) is 37.0 Å². The van der Waals surface area contributed by atoms with Gasteiger partial charge in [0.1, 0.15) is 43.2 Å². The molecule has 4 aliphatic heterocycles. The number of carbonyl (C=O) groups is 2. The molecule has 2 saturated heterocycles. The molecule has 0 spiro atoms. The van der Waals surface area contributed by atoms with E-state index in [1.165, 1.54) is 58.2 Å².